The molecule has 0 radical (unpaired) electrons. The molecule has 3 nitrogen and oxygen atoms in total. The highest BCUT2D eigenvalue weighted by molar-refractivity contribution is 9.10. The summed E-state index contributed by atoms with van der Waals surface area (Å²) < 4.78 is 27.9. The second-order valence-electron chi connectivity index (χ2n) is 3.86. The third kappa shape index (κ3) is 3.14. The van der Waals surface area contributed by atoms with E-state index in [-0.39, 0.29) is 17.7 Å². The summed E-state index contributed by atoms with van der Waals surface area (Å²) in [4.78, 5) is 23.4. The van der Waals surface area contributed by atoms with E-state index in [4.69, 9.17) is 0 Å². The van der Waals surface area contributed by atoms with Crippen LogP contribution in [0.3, 0.4) is 0 Å². The quantitative estimate of drug-likeness (QED) is 0.813. The summed E-state index contributed by atoms with van der Waals surface area (Å²) in [6, 6.07) is 5.53. The predicted octanol–water partition coefficient (Wildman–Crippen LogP) is 2.77. The lowest BCUT2D eigenvalue weighted by molar-refractivity contribution is 0.0967. The fourth-order valence-electron chi connectivity index (χ4n) is 1.58. The molecule has 0 aliphatic carbocycles. The number of halogens is 3. The number of hydrogen-bond donors (Lipinski definition) is 0. The highest BCUT2D eigenvalue weighted by Crippen LogP contribution is 2.11. The standard InChI is InChI=1S/C13H8BrF2NO2/c14-8-1-4-13(19)17(6-8)7-12(18)10-3-2-9(15)5-11(10)16/h1-6H,7H2. The maximum atomic E-state index is 13.4. The van der Waals surface area contributed by atoms with E-state index in [9.17, 15) is 18.4 Å². The van der Waals surface area contributed by atoms with Gasteiger partial charge in [-0.2, -0.15) is 0 Å². The van der Waals surface area contributed by atoms with Gasteiger partial charge >= 0.3 is 0 Å². The van der Waals surface area contributed by atoms with Crippen LogP contribution in [0.25, 0.3) is 0 Å². The first-order valence-electron chi connectivity index (χ1n) is 5.31. The summed E-state index contributed by atoms with van der Waals surface area (Å²) in [5.41, 5.74) is -0.618. The Morgan fingerprint density at radius 1 is 1.21 bits per heavy atom. The summed E-state index contributed by atoms with van der Waals surface area (Å²) >= 11 is 3.17. The van der Waals surface area contributed by atoms with Crippen molar-refractivity contribution >= 4 is 21.7 Å². The van der Waals surface area contributed by atoms with Crippen molar-refractivity contribution < 1.29 is 13.6 Å². The molecule has 1 heterocycles. The van der Waals surface area contributed by atoms with Crippen molar-refractivity contribution in [2.45, 2.75) is 6.54 Å². The molecule has 1 aromatic heterocycles. The van der Waals surface area contributed by atoms with Crippen LogP contribution < -0.4 is 5.56 Å². The summed E-state index contributed by atoms with van der Waals surface area (Å²) in [7, 11) is 0. The third-order valence-corrected chi connectivity index (χ3v) is 2.96. The molecule has 0 aliphatic rings. The molecule has 0 spiro atoms. The molecule has 0 unspecified atom stereocenters. The molecular formula is C13H8BrF2NO2. The summed E-state index contributed by atoms with van der Waals surface area (Å²) in [6.07, 6.45) is 1.43. The SMILES string of the molecule is O=C(Cn1cc(Br)ccc1=O)c1ccc(F)cc1F. The van der Waals surface area contributed by atoms with Gasteiger partial charge in [0.2, 0.25) is 0 Å². The van der Waals surface area contributed by atoms with Crippen molar-refractivity contribution in [2.24, 2.45) is 0 Å². The van der Waals surface area contributed by atoms with Gasteiger partial charge in [0.1, 0.15) is 11.6 Å². The first-order valence-corrected chi connectivity index (χ1v) is 6.11. The van der Waals surface area contributed by atoms with Gasteiger partial charge in [0.15, 0.2) is 5.78 Å². The Kier molecular flexibility index (Phi) is 3.90. The van der Waals surface area contributed by atoms with E-state index >= 15 is 0 Å². The fourth-order valence-corrected chi connectivity index (χ4v) is 1.96. The Bertz CT molecular complexity index is 697. The fraction of sp³-hybridized carbons (Fsp3) is 0.0769. The Hall–Kier alpha value is -1.82. The van der Waals surface area contributed by atoms with Gasteiger partial charge in [0.05, 0.1) is 12.1 Å². The largest absolute Gasteiger partial charge is 0.307 e. The summed E-state index contributed by atoms with van der Waals surface area (Å²) in [5, 5.41) is 0. The molecule has 19 heavy (non-hydrogen) atoms. The average molecular weight is 328 g/mol. The molecule has 2 aromatic rings. The lowest BCUT2D eigenvalue weighted by Gasteiger charge is -2.06. The normalized spacial score (nSPS) is 10.5. The number of benzene rings is 1. The van der Waals surface area contributed by atoms with Gasteiger partial charge in [-0.25, -0.2) is 8.78 Å². The Labute approximate surface area is 115 Å². The second-order valence-corrected chi connectivity index (χ2v) is 4.78. The Morgan fingerprint density at radius 3 is 2.63 bits per heavy atom. The maximum Gasteiger partial charge on any atom is 0.251 e. The molecule has 98 valence electrons. The first kappa shape index (κ1) is 13.6. The van der Waals surface area contributed by atoms with Gasteiger partial charge in [-0.3, -0.25) is 9.59 Å². The molecule has 0 saturated heterocycles. The average Bonchev–Trinajstić information content (AvgIpc) is 2.33. The number of carbonyl (C=O) groups is 1. The third-order valence-electron chi connectivity index (χ3n) is 2.49. The number of nitrogens with zero attached hydrogens (tertiary/aromatic N) is 1. The molecule has 0 bridgehead atoms. The molecule has 6 heteroatoms. The number of carbonyl (C=O) groups excluding carboxylic acids is 1. The minimum absolute atomic E-state index is 0.242. The Morgan fingerprint density at radius 2 is 1.95 bits per heavy atom. The smallest absolute Gasteiger partial charge is 0.251 e. The van der Waals surface area contributed by atoms with Crippen molar-refractivity contribution in [2.75, 3.05) is 0 Å². The minimum Gasteiger partial charge on any atom is -0.307 e. The number of hydrogen-bond acceptors (Lipinski definition) is 2. The van der Waals surface area contributed by atoms with Crippen LogP contribution in [-0.2, 0) is 6.54 Å². The van der Waals surface area contributed by atoms with E-state index < -0.39 is 17.4 Å². The van der Waals surface area contributed by atoms with E-state index in [2.05, 4.69) is 15.9 Å². The van der Waals surface area contributed by atoms with Crippen LogP contribution in [-0.4, -0.2) is 10.4 Å². The van der Waals surface area contributed by atoms with Crippen molar-refractivity contribution in [1.29, 1.82) is 0 Å². The molecule has 0 aliphatic heterocycles. The van der Waals surface area contributed by atoms with E-state index in [0.29, 0.717) is 10.5 Å². The second kappa shape index (κ2) is 5.44. The molecule has 1 aromatic carbocycles. The first-order chi connectivity index (χ1) is 8.97. The topological polar surface area (TPSA) is 39.1 Å². The van der Waals surface area contributed by atoms with Gasteiger partial charge in [0, 0.05) is 22.8 Å². The van der Waals surface area contributed by atoms with Gasteiger partial charge < -0.3 is 4.57 Å². The number of ketones is 1. The molecule has 2 rings (SSSR count). The number of rotatable bonds is 3. The predicted molar refractivity (Wildman–Crippen MR) is 69.1 cm³/mol. The van der Waals surface area contributed by atoms with Crippen LogP contribution in [0.4, 0.5) is 8.78 Å². The summed E-state index contributed by atoms with van der Waals surface area (Å²) in [5.74, 6) is -2.29. The lowest BCUT2D eigenvalue weighted by Crippen LogP contribution is -2.23. The highest BCUT2D eigenvalue weighted by atomic mass is 79.9. The zero-order valence-corrected chi connectivity index (χ0v) is 11.2. The summed E-state index contributed by atoms with van der Waals surface area (Å²) in [6.45, 7) is -0.305. The number of pyridine rings is 1. The van der Waals surface area contributed by atoms with Crippen LogP contribution in [0.1, 0.15) is 10.4 Å². The minimum atomic E-state index is -0.937. The lowest BCUT2D eigenvalue weighted by atomic mass is 10.1. The van der Waals surface area contributed by atoms with Crippen LogP contribution >= 0.6 is 15.9 Å². The van der Waals surface area contributed by atoms with Crippen LogP contribution in [0, 0.1) is 11.6 Å². The van der Waals surface area contributed by atoms with Crippen molar-refractivity contribution in [1.82, 2.24) is 4.57 Å². The van der Waals surface area contributed by atoms with E-state index in [1.807, 2.05) is 0 Å². The van der Waals surface area contributed by atoms with Gasteiger partial charge in [-0.15, -0.1) is 0 Å². The van der Waals surface area contributed by atoms with Crippen LogP contribution in [0.15, 0.2) is 45.8 Å². The monoisotopic (exact) mass is 327 g/mol. The van der Waals surface area contributed by atoms with Gasteiger partial charge in [0.25, 0.3) is 5.56 Å². The molecule has 0 saturated carbocycles. The molecule has 0 amide bonds. The zero-order valence-electron chi connectivity index (χ0n) is 9.57. The van der Waals surface area contributed by atoms with E-state index in [1.54, 1.807) is 6.07 Å². The number of Topliss-reactive ketones (excluding diaryl/α,β-unsaturated/α-hetero) is 1. The maximum absolute atomic E-state index is 13.4. The van der Waals surface area contributed by atoms with E-state index in [1.165, 1.54) is 12.3 Å². The molecule has 0 atom stereocenters. The number of aromatic nitrogens is 1. The molecule has 0 N–H and O–H groups in total. The van der Waals surface area contributed by atoms with Crippen LogP contribution in [0.2, 0.25) is 0 Å². The molecular weight excluding hydrogens is 320 g/mol. The molecule has 0 fully saturated rings. The van der Waals surface area contributed by atoms with Gasteiger partial charge in [-0.05, 0) is 34.1 Å². The van der Waals surface area contributed by atoms with Crippen LogP contribution in [0.5, 0.6) is 0 Å². The van der Waals surface area contributed by atoms with Crippen molar-refractivity contribution in [3.05, 3.63) is 68.6 Å². The Balaban J connectivity index is 2.31. The van der Waals surface area contributed by atoms with Crippen molar-refractivity contribution in [3.8, 4) is 0 Å². The zero-order chi connectivity index (χ0) is 14.0. The van der Waals surface area contributed by atoms with Gasteiger partial charge in [-0.1, -0.05) is 0 Å². The highest BCUT2D eigenvalue weighted by Gasteiger charge is 2.13. The van der Waals surface area contributed by atoms with E-state index in [0.717, 1.165) is 16.7 Å². The van der Waals surface area contributed by atoms with Crippen molar-refractivity contribution in [3.63, 3.8) is 0 Å².